The molecule has 0 aliphatic carbocycles. The second-order valence-corrected chi connectivity index (χ2v) is 9.69. The number of amides is 1. The fraction of sp³-hybridized carbons (Fsp3) is 0.381. The second kappa shape index (κ2) is 7.00. The molecule has 2 aliphatic rings. The van der Waals surface area contributed by atoms with Gasteiger partial charge < -0.3 is 9.80 Å². The van der Waals surface area contributed by atoms with Gasteiger partial charge in [-0.1, -0.05) is 36.4 Å². The summed E-state index contributed by atoms with van der Waals surface area (Å²) in [7, 11) is -3.08. The van der Waals surface area contributed by atoms with Crippen LogP contribution in [0.25, 0.3) is 0 Å². The van der Waals surface area contributed by atoms with E-state index in [2.05, 4.69) is 24.0 Å². The zero-order valence-electron chi connectivity index (χ0n) is 15.4. The van der Waals surface area contributed by atoms with E-state index in [0.29, 0.717) is 6.42 Å². The van der Waals surface area contributed by atoms with Crippen LogP contribution in [0.15, 0.2) is 54.6 Å². The van der Waals surface area contributed by atoms with Gasteiger partial charge in [-0.2, -0.15) is 0 Å². The number of fused-ring (bicyclic) bond motifs is 1. The van der Waals surface area contributed by atoms with Gasteiger partial charge in [0.05, 0.1) is 24.1 Å². The summed E-state index contributed by atoms with van der Waals surface area (Å²) in [6.07, 6.45) is 1.42. The Morgan fingerprint density at radius 2 is 1.81 bits per heavy atom. The van der Waals surface area contributed by atoms with Crippen molar-refractivity contribution in [1.82, 2.24) is 0 Å². The summed E-state index contributed by atoms with van der Waals surface area (Å²) in [5, 5.41) is 0. The number of benzene rings is 2. The molecule has 0 bridgehead atoms. The number of sulfone groups is 1. The van der Waals surface area contributed by atoms with Gasteiger partial charge in [0.15, 0.2) is 9.84 Å². The Labute approximate surface area is 160 Å². The Hall–Kier alpha value is -2.34. The van der Waals surface area contributed by atoms with Crippen molar-refractivity contribution in [2.24, 2.45) is 0 Å². The molecule has 0 spiro atoms. The lowest BCUT2D eigenvalue weighted by atomic mass is 10.1. The van der Waals surface area contributed by atoms with Gasteiger partial charge in [-0.3, -0.25) is 4.79 Å². The Morgan fingerprint density at radius 3 is 2.52 bits per heavy atom. The molecule has 2 atom stereocenters. The highest BCUT2D eigenvalue weighted by Crippen LogP contribution is 2.32. The molecule has 0 radical (unpaired) electrons. The lowest BCUT2D eigenvalue weighted by Gasteiger charge is -2.32. The number of nitrogens with zero attached hydrogens (tertiary/aromatic N) is 2. The molecule has 4 rings (SSSR count). The molecule has 2 aliphatic heterocycles. The smallest absolute Gasteiger partial charge is 0.246 e. The van der Waals surface area contributed by atoms with Crippen molar-refractivity contribution < 1.29 is 13.2 Å². The van der Waals surface area contributed by atoms with Crippen LogP contribution in [-0.4, -0.2) is 44.5 Å². The molecule has 0 saturated carbocycles. The maximum atomic E-state index is 13.3. The Morgan fingerprint density at radius 1 is 1.11 bits per heavy atom. The highest BCUT2D eigenvalue weighted by molar-refractivity contribution is 7.91. The van der Waals surface area contributed by atoms with E-state index in [1.165, 1.54) is 5.56 Å². The molecular formula is C21H24N2O3S. The Bertz CT molecular complexity index is 943. The molecule has 2 unspecified atom stereocenters. The SMILES string of the molecule is CC1Cc2ccccc2N1CC(=O)N(c1ccccc1)C1CCS(=O)(=O)C1. The first kappa shape index (κ1) is 18.0. The lowest BCUT2D eigenvalue weighted by molar-refractivity contribution is -0.117. The molecule has 2 aromatic carbocycles. The van der Waals surface area contributed by atoms with Crippen LogP contribution in [0.2, 0.25) is 0 Å². The van der Waals surface area contributed by atoms with Crippen LogP contribution in [-0.2, 0) is 21.1 Å². The third-order valence-electron chi connectivity index (χ3n) is 5.53. The molecule has 2 aromatic rings. The molecule has 0 aromatic heterocycles. The normalized spacial score (nSPS) is 23.2. The van der Waals surface area contributed by atoms with E-state index in [1.54, 1.807) is 4.90 Å². The van der Waals surface area contributed by atoms with Crippen LogP contribution in [0.3, 0.4) is 0 Å². The maximum absolute atomic E-state index is 13.3. The summed E-state index contributed by atoms with van der Waals surface area (Å²) >= 11 is 0. The van der Waals surface area contributed by atoms with E-state index in [1.807, 2.05) is 42.5 Å². The van der Waals surface area contributed by atoms with Crippen LogP contribution < -0.4 is 9.80 Å². The Balaban J connectivity index is 1.62. The molecule has 5 nitrogen and oxygen atoms in total. The summed E-state index contributed by atoms with van der Waals surface area (Å²) < 4.78 is 24.0. The fourth-order valence-corrected chi connectivity index (χ4v) is 5.92. The standard InChI is InChI=1S/C21H24N2O3S/c1-16-13-17-7-5-6-10-20(17)22(16)14-21(24)23(18-8-3-2-4-9-18)19-11-12-27(25,26)15-19/h2-10,16,19H,11-15H2,1H3. The summed E-state index contributed by atoms with van der Waals surface area (Å²) in [4.78, 5) is 17.2. The largest absolute Gasteiger partial charge is 0.359 e. The molecule has 1 amide bonds. The molecular weight excluding hydrogens is 360 g/mol. The van der Waals surface area contributed by atoms with E-state index in [0.717, 1.165) is 17.8 Å². The lowest BCUT2D eigenvalue weighted by Crippen LogP contribution is -2.47. The van der Waals surface area contributed by atoms with E-state index in [4.69, 9.17) is 0 Å². The first-order valence-electron chi connectivity index (χ1n) is 9.37. The van der Waals surface area contributed by atoms with Gasteiger partial charge in [-0.25, -0.2) is 8.42 Å². The molecule has 1 fully saturated rings. The van der Waals surface area contributed by atoms with Crippen LogP contribution in [0.1, 0.15) is 18.9 Å². The molecule has 6 heteroatoms. The minimum Gasteiger partial charge on any atom is -0.359 e. The first-order valence-corrected chi connectivity index (χ1v) is 11.2. The number of carbonyl (C=O) groups excluding carboxylic acids is 1. The van der Waals surface area contributed by atoms with Crippen molar-refractivity contribution in [2.75, 3.05) is 27.9 Å². The minimum absolute atomic E-state index is 0.0414. The Kier molecular flexibility index (Phi) is 4.68. The molecule has 0 N–H and O–H groups in total. The van der Waals surface area contributed by atoms with Crippen LogP contribution >= 0.6 is 0 Å². The third kappa shape index (κ3) is 3.58. The molecule has 1 saturated heterocycles. The highest BCUT2D eigenvalue weighted by Gasteiger charge is 2.37. The summed E-state index contributed by atoms with van der Waals surface area (Å²) in [5.74, 6) is 0.142. The zero-order valence-corrected chi connectivity index (χ0v) is 16.2. The van der Waals surface area contributed by atoms with E-state index in [9.17, 15) is 13.2 Å². The van der Waals surface area contributed by atoms with E-state index < -0.39 is 9.84 Å². The predicted octanol–water partition coefficient (Wildman–Crippen LogP) is 2.66. The van der Waals surface area contributed by atoms with Gasteiger partial charge in [-0.05, 0) is 43.5 Å². The minimum atomic E-state index is -3.08. The first-order chi connectivity index (χ1) is 12.9. The van der Waals surface area contributed by atoms with Crippen LogP contribution in [0.4, 0.5) is 11.4 Å². The quantitative estimate of drug-likeness (QED) is 0.813. The molecule has 2 heterocycles. The maximum Gasteiger partial charge on any atom is 0.246 e. The van der Waals surface area contributed by atoms with Gasteiger partial charge in [-0.15, -0.1) is 0 Å². The average molecular weight is 385 g/mol. The topological polar surface area (TPSA) is 57.7 Å². The average Bonchev–Trinajstić information content (AvgIpc) is 3.15. The van der Waals surface area contributed by atoms with Gasteiger partial charge in [0.25, 0.3) is 0 Å². The number of hydrogen-bond acceptors (Lipinski definition) is 4. The summed E-state index contributed by atoms with van der Waals surface area (Å²) in [5.41, 5.74) is 3.13. The summed E-state index contributed by atoms with van der Waals surface area (Å²) in [6.45, 7) is 2.38. The van der Waals surface area contributed by atoms with Gasteiger partial charge in [0.2, 0.25) is 5.91 Å². The monoisotopic (exact) mass is 384 g/mol. The van der Waals surface area contributed by atoms with E-state index in [-0.39, 0.29) is 36.0 Å². The number of para-hydroxylation sites is 2. The van der Waals surface area contributed by atoms with Crippen molar-refractivity contribution in [3.63, 3.8) is 0 Å². The molecule has 27 heavy (non-hydrogen) atoms. The number of rotatable bonds is 4. The van der Waals surface area contributed by atoms with Crippen molar-refractivity contribution in [3.8, 4) is 0 Å². The van der Waals surface area contributed by atoms with Crippen LogP contribution in [0, 0.1) is 0 Å². The number of carbonyl (C=O) groups is 1. The fourth-order valence-electron chi connectivity index (χ4n) is 4.22. The van der Waals surface area contributed by atoms with Gasteiger partial charge in [0, 0.05) is 17.4 Å². The van der Waals surface area contributed by atoms with Crippen LogP contribution in [0.5, 0.6) is 0 Å². The highest BCUT2D eigenvalue weighted by atomic mass is 32.2. The third-order valence-corrected chi connectivity index (χ3v) is 7.28. The molecule has 142 valence electrons. The number of anilines is 2. The van der Waals surface area contributed by atoms with Crippen molar-refractivity contribution in [1.29, 1.82) is 0 Å². The van der Waals surface area contributed by atoms with Crippen molar-refractivity contribution >= 4 is 27.1 Å². The zero-order chi connectivity index (χ0) is 19.0. The number of hydrogen-bond donors (Lipinski definition) is 0. The predicted molar refractivity (Wildman–Crippen MR) is 108 cm³/mol. The second-order valence-electron chi connectivity index (χ2n) is 7.47. The van der Waals surface area contributed by atoms with Gasteiger partial charge >= 0.3 is 0 Å². The summed E-state index contributed by atoms with van der Waals surface area (Å²) in [6, 6.07) is 17.6. The van der Waals surface area contributed by atoms with E-state index >= 15 is 0 Å². The van der Waals surface area contributed by atoms with Crippen molar-refractivity contribution in [3.05, 3.63) is 60.2 Å². The van der Waals surface area contributed by atoms with Crippen molar-refractivity contribution in [2.45, 2.75) is 31.8 Å². The van der Waals surface area contributed by atoms with Gasteiger partial charge in [0.1, 0.15) is 0 Å².